The zero-order valence-corrected chi connectivity index (χ0v) is 13.7. The average Bonchev–Trinajstić information content (AvgIpc) is 2.24. The van der Waals surface area contributed by atoms with Crippen LogP contribution in [0.3, 0.4) is 0 Å². The third kappa shape index (κ3) is 9.98. The van der Waals surface area contributed by atoms with Gasteiger partial charge < -0.3 is 5.11 Å². The molecule has 0 spiro atoms. The molecule has 2 nitrogen and oxygen atoms in total. The van der Waals surface area contributed by atoms with Crippen molar-refractivity contribution in [2.24, 2.45) is 17.3 Å². The molecule has 0 saturated heterocycles. The van der Waals surface area contributed by atoms with E-state index < -0.39 is 5.97 Å². The predicted molar refractivity (Wildman–Crippen MR) is 82.4 cm³/mol. The normalized spacial score (nSPS) is 15.2. The summed E-state index contributed by atoms with van der Waals surface area (Å²) in [7, 11) is 0. The fraction of sp³-hybridized carbons (Fsp3) is 0.941. The first-order valence-corrected chi connectivity index (χ1v) is 8.00. The number of rotatable bonds is 10. The van der Waals surface area contributed by atoms with E-state index in [0.717, 1.165) is 19.3 Å². The van der Waals surface area contributed by atoms with E-state index in [2.05, 4.69) is 34.6 Å². The van der Waals surface area contributed by atoms with Gasteiger partial charge in [0.1, 0.15) is 0 Å². The zero-order chi connectivity index (χ0) is 14.9. The van der Waals surface area contributed by atoms with Crippen LogP contribution in [0.25, 0.3) is 0 Å². The van der Waals surface area contributed by atoms with Gasteiger partial charge in [0.15, 0.2) is 0 Å². The van der Waals surface area contributed by atoms with Crippen LogP contribution in [0.5, 0.6) is 0 Å². The molecule has 0 aliphatic heterocycles. The lowest BCUT2D eigenvalue weighted by Crippen LogP contribution is -2.25. The topological polar surface area (TPSA) is 37.3 Å². The number of hydrogen-bond donors (Lipinski definition) is 1. The van der Waals surface area contributed by atoms with Crippen LogP contribution in [0.4, 0.5) is 0 Å². The van der Waals surface area contributed by atoms with Crippen LogP contribution in [0.1, 0.15) is 86.0 Å². The second-order valence-electron chi connectivity index (χ2n) is 7.24. The largest absolute Gasteiger partial charge is 0.481 e. The Kier molecular flexibility index (Phi) is 9.12. The van der Waals surface area contributed by atoms with Crippen LogP contribution < -0.4 is 0 Å². The van der Waals surface area contributed by atoms with Crippen molar-refractivity contribution in [2.75, 3.05) is 0 Å². The molecule has 0 saturated carbocycles. The van der Waals surface area contributed by atoms with Crippen molar-refractivity contribution < 1.29 is 9.90 Å². The van der Waals surface area contributed by atoms with Crippen molar-refractivity contribution in [3.05, 3.63) is 0 Å². The van der Waals surface area contributed by atoms with Gasteiger partial charge in [0, 0.05) is 0 Å². The molecule has 0 heterocycles. The average molecular weight is 270 g/mol. The number of unbranched alkanes of at least 4 members (excludes halogenated alkanes) is 5. The van der Waals surface area contributed by atoms with E-state index in [9.17, 15) is 9.90 Å². The van der Waals surface area contributed by atoms with Gasteiger partial charge >= 0.3 is 5.97 Å². The Labute approximate surface area is 120 Å². The van der Waals surface area contributed by atoms with E-state index in [-0.39, 0.29) is 17.3 Å². The quantitative estimate of drug-likeness (QED) is 0.531. The van der Waals surface area contributed by atoms with E-state index in [1.165, 1.54) is 32.1 Å². The van der Waals surface area contributed by atoms with E-state index in [4.69, 9.17) is 0 Å². The SMILES string of the molecule is CCCCCCCCC(C(=O)O)C(C)CC(C)(C)C. The van der Waals surface area contributed by atoms with Gasteiger partial charge in [-0.05, 0) is 24.2 Å². The summed E-state index contributed by atoms with van der Waals surface area (Å²) in [6, 6.07) is 0. The maximum absolute atomic E-state index is 11.4. The highest BCUT2D eigenvalue weighted by molar-refractivity contribution is 5.70. The summed E-state index contributed by atoms with van der Waals surface area (Å²) in [5.74, 6) is -0.496. The van der Waals surface area contributed by atoms with Gasteiger partial charge in [-0.15, -0.1) is 0 Å². The lowest BCUT2D eigenvalue weighted by atomic mass is 9.78. The molecular formula is C17H34O2. The molecule has 2 heteroatoms. The fourth-order valence-electron chi connectivity index (χ4n) is 2.90. The highest BCUT2D eigenvalue weighted by Gasteiger charge is 2.27. The molecule has 0 radical (unpaired) electrons. The monoisotopic (exact) mass is 270 g/mol. The Balaban J connectivity index is 4.02. The van der Waals surface area contributed by atoms with Gasteiger partial charge in [-0.2, -0.15) is 0 Å². The van der Waals surface area contributed by atoms with Gasteiger partial charge in [-0.25, -0.2) is 0 Å². The smallest absolute Gasteiger partial charge is 0.306 e. The molecule has 0 aromatic heterocycles. The second-order valence-corrected chi connectivity index (χ2v) is 7.24. The number of carboxylic acid groups (broad SMARTS) is 1. The molecule has 0 aromatic carbocycles. The van der Waals surface area contributed by atoms with Crippen molar-refractivity contribution in [1.29, 1.82) is 0 Å². The molecule has 114 valence electrons. The van der Waals surface area contributed by atoms with Gasteiger partial charge in [0.25, 0.3) is 0 Å². The fourth-order valence-corrected chi connectivity index (χ4v) is 2.90. The zero-order valence-electron chi connectivity index (χ0n) is 13.7. The molecule has 2 atom stereocenters. The molecule has 19 heavy (non-hydrogen) atoms. The molecule has 0 rings (SSSR count). The number of aliphatic carboxylic acids is 1. The van der Waals surface area contributed by atoms with Crippen LogP contribution in [-0.2, 0) is 4.79 Å². The summed E-state index contributed by atoms with van der Waals surface area (Å²) in [6.07, 6.45) is 9.21. The molecule has 0 fully saturated rings. The van der Waals surface area contributed by atoms with Crippen LogP contribution in [0.15, 0.2) is 0 Å². The third-order valence-electron chi connectivity index (χ3n) is 3.81. The Morgan fingerprint density at radius 3 is 2.05 bits per heavy atom. The lowest BCUT2D eigenvalue weighted by molar-refractivity contribution is -0.144. The lowest BCUT2D eigenvalue weighted by Gasteiger charge is -2.27. The van der Waals surface area contributed by atoms with Gasteiger partial charge in [-0.1, -0.05) is 73.1 Å². The number of carboxylic acids is 1. The number of hydrogen-bond acceptors (Lipinski definition) is 1. The van der Waals surface area contributed by atoms with Gasteiger partial charge in [-0.3, -0.25) is 4.79 Å². The molecule has 0 aromatic rings. The Morgan fingerprint density at radius 2 is 1.58 bits per heavy atom. The van der Waals surface area contributed by atoms with Crippen LogP contribution in [0, 0.1) is 17.3 Å². The first-order chi connectivity index (χ1) is 8.78. The van der Waals surface area contributed by atoms with Gasteiger partial charge in [0.05, 0.1) is 5.92 Å². The van der Waals surface area contributed by atoms with Crippen LogP contribution in [-0.4, -0.2) is 11.1 Å². The molecule has 0 aliphatic carbocycles. The first-order valence-electron chi connectivity index (χ1n) is 8.00. The first kappa shape index (κ1) is 18.5. The summed E-state index contributed by atoms with van der Waals surface area (Å²) in [5, 5.41) is 9.38. The van der Waals surface area contributed by atoms with Gasteiger partial charge in [0.2, 0.25) is 0 Å². The summed E-state index contributed by atoms with van der Waals surface area (Å²) in [4.78, 5) is 11.4. The summed E-state index contributed by atoms with van der Waals surface area (Å²) < 4.78 is 0. The van der Waals surface area contributed by atoms with E-state index in [1.807, 2.05) is 0 Å². The predicted octanol–water partition coefficient (Wildman–Crippen LogP) is 5.51. The summed E-state index contributed by atoms with van der Waals surface area (Å²) in [5.41, 5.74) is 0.217. The summed E-state index contributed by atoms with van der Waals surface area (Å²) >= 11 is 0. The molecule has 1 N–H and O–H groups in total. The maximum atomic E-state index is 11.4. The van der Waals surface area contributed by atoms with Crippen LogP contribution in [0.2, 0.25) is 0 Å². The molecule has 0 bridgehead atoms. The molecule has 2 unspecified atom stereocenters. The van der Waals surface area contributed by atoms with E-state index in [0.29, 0.717) is 0 Å². The van der Waals surface area contributed by atoms with E-state index >= 15 is 0 Å². The Bertz CT molecular complexity index is 240. The molecular weight excluding hydrogens is 236 g/mol. The number of carbonyl (C=O) groups is 1. The Morgan fingerprint density at radius 1 is 1.05 bits per heavy atom. The van der Waals surface area contributed by atoms with Crippen molar-refractivity contribution in [3.63, 3.8) is 0 Å². The van der Waals surface area contributed by atoms with Crippen molar-refractivity contribution >= 4 is 5.97 Å². The highest BCUT2D eigenvalue weighted by Crippen LogP contribution is 2.31. The minimum Gasteiger partial charge on any atom is -0.481 e. The molecule has 0 amide bonds. The summed E-state index contributed by atoms with van der Waals surface area (Å²) in [6.45, 7) is 10.9. The maximum Gasteiger partial charge on any atom is 0.306 e. The third-order valence-corrected chi connectivity index (χ3v) is 3.81. The van der Waals surface area contributed by atoms with Crippen molar-refractivity contribution in [2.45, 2.75) is 86.0 Å². The van der Waals surface area contributed by atoms with Crippen molar-refractivity contribution in [3.8, 4) is 0 Å². The van der Waals surface area contributed by atoms with E-state index in [1.54, 1.807) is 0 Å². The Hall–Kier alpha value is -0.530. The second kappa shape index (κ2) is 9.39. The molecule has 0 aliphatic rings. The minimum atomic E-state index is -0.606. The van der Waals surface area contributed by atoms with Crippen LogP contribution >= 0.6 is 0 Å². The van der Waals surface area contributed by atoms with Crippen molar-refractivity contribution in [1.82, 2.24) is 0 Å². The minimum absolute atomic E-state index is 0.162. The standard InChI is InChI=1S/C17H34O2/c1-6-7-8-9-10-11-12-15(16(18)19)14(2)13-17(3,4)5/h14-15H,6-13H2,1-5H3,(H,18,19). The highest BCUT2D eigenvalue weighted by atomic mass is 16.4.